The predicted octanol–water partition coefficient (Wildman–Crippen LogP) is 0.546. The Labute approximate surface area is 265 Å². The standard InChI is InChI=1S/C28H34F2N5O9PS/c1-14(36)33-8-7-18-4-5-21(25(39)31-19-11-34(15(2)37)13-22(19)38)35(18)27(41)20(12-33)32-26(40)24-10-16-9-17(3-6-23(16)46-24)28(29,30)45(42,43)44/h3,6,9-10,18-22,38H,4-5,7-8,11-13H2,1-2H3,(H,31,39)(H,32,40)(H2,42,43,44)/t18-,19+,20+,21+,22+/m1/s1. The number of thiophene rings is 1. The smallest absolute Gasteiger partial charge is 0.389 e. The highest BCUT2D eigenvalue weighted by atomic mass is 32.1. The van der Waals surface area contributed by atoms with Crippen molar-refractivity contribution in [2.75, 3.05) is 26.2 Å². The summed E-state index contributed by atoms with van der Waals surface area (Å²) in [6.45, 7) is 2.95. The molecule has 5 N–H and O–H groups in total. The van der Waals surface area contributed by atoms with E-state index in [1.807, 2.05) is 0 Å². The van der Waals surface area contributed by atoms with Crippen molar-refractivity contribution >= 4 is 58.6 Å². The second-order valence-corrected chi connectivity index (χ2v) is 14.6. The molecular weight excluding hydrogens is 651 g/mol. The lowest BCUT2D eigenvalue weighted by molar-refractivity contribution is -0.145. The molecule has 46 heavy (non-hydrogen) atoms. The summed E-state index contributed by atoms with van der Waals surface area (Å²) in [7, 11) is -5.81. The van der Waals surface area contributed by atoms with Crippen LogP contribution in [0, 0.1) is 0 Å². The average Bonchev–Trinajstić information content (AvgIpc) is 3.69. The molecule has 0 unspecified atom stereocenters. The molecule has 2 aromatic rings. The van der Waals surface area contributed by atoms with E-state index in [2.05, 4.69) is 10.6 Å². The molecule has 4 heterocycles. The number of aliphatic hydroxyl groups is 1. The second-order valence-electron chi connectivity index (χ2n) is 11.8. The lowest BCUT2D eigenvalue weighted by Gasteiger charge is -2.38. The summed E-state index contributed by atoms with van der Waals surface area (Å²) >= 11 is 0.911. The molecule has 5 rings (SSSR count). The molecule has 0 bridgehead atoms. The molecule has 0 saturated carbocycles. The van der Waals surface area contributed by atoms with Crippen LogP contribution in [0.2, 0.25) is 0 Å². The number of hydrogen-bond acceptors (Lipinski definition) is 8. The zero-order valence-electron chi connectivity index (χ0n) is 24.9. The van der Waals surface area contributed by atoms with Gasteiger partial charge in [0.2, 0.25) is 23.6 Å². The first-order valence-corrected chi connectivity index (χ1v) is 17.0. The van der Waals surface area contributed by atoms with Crippen molar-refractivity contribution in [3.63, 3.8) is 0 Å². The molecule has 0 radical (unpaired) electrons. The Morgan fingerprint density at radius 2 is 1.67 bits per heavy atom. The molecule has 250 valence electrons. The molecule has 1 aromatic heterocycles. The van der Waals surface area contributed by atoms with Gasteiger partial charge in [0, 0.05) is 56.3 Å². The summed E-state index contributed by atoms with van der Waals surface area (Å²) < 4.78 is 40.3. The van der Waals surface area contributed by atoms with Crippen molar-refractivity contribution in [2.45, 2.75) is 69.0 Å². The van der Waals surface area contributed by atoms with E-state index in [1.54, 1.807) is 0 Å². The van der Waals surface area contributed by atoms with Gasteiger partial charge in [0.1, 0.15) is 12.1 Å². The van der Waals surface area contributed by atoms with Crippen LogP contribution in [-0.2, 0) is 29.4 Å². The Morgan fingerprint density at radius 3 is 2.30 bits per heavy atom. The van der Waals surface area contributed by atoms with Crippen LogP contribution in [0.1, 0.15) is 48.3 Å². The van der Waals surface area contributed by atoms with Gasteiger partial charge in [0.15, 0.2) is 0 Å². The number of benzene rings is 1. The molecule has 14 nitrogen and oxygen atoms in total. The maximum Gasteiger partial charge on any atom is 0.399 e. The van der Waals surface area contributed by atoms with Crippen LogP contribution in [0.5, 0.6) is 0 Å². The van der Waals surface area contributed by atoms with E-state index in [-0.39, 0.29) is 48.3 Å². The molecular formula is C28H34F2N5O9PS. The third-order valence-corrected chi connectivity index (χ3v) is 10.9. The average molecular weight is 686 g/mol. The normalized spacial score (nSPS) is 25.7. The Morgan fingerprint density at radius 1 is 0.978 bits per heavy atom. The first-order valence-electron chi connectivity index (χ1n) is 14.6. The fourth-order valence-corrected chi connectivity index (χ4v) is 7.65. The number of hydrogen-bond donors (Lipinski definition) is 5. The van der Waals surface area contributed by atoms with Crippen molar-refractivity contribution in [3.8, 4) is 0 Å². The largest absolute Gasteiger partial charge is 0.399 e. The Kier molecular flexibility index (Phi) is 9.27. The van der Waals surface area contributed by atoms with Crippen LogP contribution in [0.25, 0.3) is 10.1 Å². The molecule has 1 aromatic carbocycles. The van der Waals surface area contributed by atoms with Crippen LogP contribution in [0.3, 0.4) is 0 Å². The van der Waals surface area contributed by atoms with Crippen LogP contribution < -0.4 is 10.6 Å². The minimum Gasteiger partial charge on any atom is -0.389 e. The van der Waals surface area contributed by atoms with Gasteiger partial charge in [-0.05, 0) is 42.8 Å². The summed E-state index contributed by atoms with van der Waals surface area (Å²) in [5.41, 5.74) is -5.36. The lowest BCUT2D eigenvalue weighted by Crippen LogP contribution is -2.61. The number of aliphatic hydroxyl groups excluding tert-OH is 1. The molecule has 0 spiro atoms. The van der Waals surface area contributed by atoms with Crippen molar-refractivity contribution in [3.05, 3.63) is 34.7 Å². The minimum atomic E-state index is -5.81. The van der Waals surface area contributed by atoms with Gasteiger partial charge in [-0.3, -0.25) is 28.5 Å². The second kappa shape index (κ2) is 12.6. The fraction of sp³-hybridized carbons (Fsp3) is 0.536. The summed E-state index contributed by atoms with van der Waals surface area (Å²) in [6.07, 6.45) is 0.184. The summed E-state index contributed by atoms with van der Waals surface area (Å²) in [5.74, 6) is -2.42. The van der Waals surface area contributed by atoms with E-state index in [9.17, 15) is 42.4 Å². The highest BCUT2D eigenvalue weighted by molar-refractivity contribution is 7.52. The van der Waals surface area contributed by atoms with Gasteiger partial charge < -0.3 is 40.2 Å². The molecule has 3 aliphatic rings. The Balaban J connectivity index is 1.37. The molecule has 3 saturated heterocycles. The van der Waals surface area contributed by atoms with Gasteiger partial charge in [-0.1, -0.05) is 6.07 Å². The van der Waals surface area contributed by atoms with E-state index < -0.39 is 66.8 Å². The molecule has 3 aliphatic heterocycles. The minimum absolute atomic E-state index is 0.0217. The van der Waals surface area contributed by atoms with Crippen LogP contribution >= 0.6 is 18.9 Å². The Hall–Kier alpha value is -3.50. The number of halogens is 2. The zero-order chi connectivity index (χ0) is 33.7. The zero-order valence-corrected chi connectivity index (χ0v) is 26.6. The van der Waals surface area contributed by atoms with E-state index in [1.165, 1.54) is 40.7 Å². The molecule has 3 fully saturated rings. The van der Waals surface area contributed by atoms with E-state index >= 15 is 0 Å². The number of alkyl halides is 2. The van der Waals surface area contributed by atoms with Crippen molar-refractivity contribution in [1.29, 1.82) is 0 Å². The number of fused-ring (bicyclic) bond motifs is 2. The van der Waals surface area contributed by atoms with Crippen molar-refractivity contribution < 1.29 is 52.2 Å². The maximum absolute atomic E-state index is 14.3. The maximum atomic E-state index is 14.3. The topological polar surface area (TPSA) is 197 Å². The number of carbonyl (C=O) groups excluding carboxylic acids is 5. The van der Waals surface area contributed by atoms with Gasteiger partial charge in [-0.15, -0.1) is 11.3 Å². The lowest BCUT2D eigenvalue weighted by atomic mass is 10.1. The third-order valence-electron chi connectivity index (χ3n) is 8.76. The number of likely N-dealkylation sites (tertiary alicyclic amines) is 1. The van der Waals surface area contributed by atoms with E-state index in [0.717, 1.165) is 23.5 Å². The highest BCUT2D eigenvalue weighted by Gasteiger charge is 2.50. The number of nitrogens with zero attached hydrogens (tertiary/aromatic N) is 3. The number of nitrogens with one attached hydrogen (secondary N) is 2. The SMILES string of the molecule is CC(=O)N1CC[C@H]2CC[C@@H](C(=O)N[C@H]3CN(C(C)=O)C[C@@H]3O)N2C(=O)[C@@H](NC(=O)c2cc3cc(C(F)(F)P(=O)(O)O)ccc3s2)C1. The molecule has 0 aliphatic carbocycles. The predicted molar refractivity (Wildman–Crippen MR) is 160 cm³/mol. The Bertz CT molecular complexity index is 1630. The van der Waals surface area contributed by atoms with Crippen LogP contribution in [0.15, 0.2) is 24.3 Å². The number of rotatable bonds is 6. The van der Waals surface area contributed by atoms with Gasteiger partial charge in [-0.25, -0.2) is 0 Å². The first kappa shape index (κ1) is 33.9. The number of amides is 5. The quantitative estimate of drug-likeness (QED) is 0.270. The molecule has 5 atom stereocenters. The molecule has 18 heteroatoms. The monoisotopic (exact) mass is 685 g/mol. The third kappa shape index (κ3) is 6.51. The van der Waals surface area contributed by atoms with Crippen molar-refractivity contribution in [2.24, 2.45) is 0 Å². The first-order chi connectivity index (χ1) is 21.5. The van der Waals surface area contributed by atoms with E-state index in [4.69, 9.17) is 9.79 Å². The summed E-state index contributed by atoms with van der Waals surface area (Å²) in [4.78, 5) is 87.5. The number of β-amino-alcohol motifs (C(OH)–C–C–N with tert-alkyl or cyclic N) is 1. The van der Waals surface area contributed by atoms with Gasteiger partial charge in [-0.2, -0.15) is 8.78 Å². The van der Waals surface area contributed by atoms with Crippen LogP contribution in [-0.4, -0.2) is 116 Å². The summed E-state index contributed by atoms with van der Waals surface area (Å²) in [6, 6.07) is 0.901. The van der Waals surface area contributed by atoms with E-state index in [0.29, 0.717) is 24.0 Å². The number of carbonyl (C=O) groups is 5. The molecule has 5 amide bonds. The van der Waals surface area contributed by atoms with Gasteiger partial charge >= 0.3 is 13.3 Å². The fourth-order valence-electron chi connectivity index (χ4n) is 6.23. The van der Waals surface area contributed by atoms with Crippen LogP contribution in [0.4, 0.5) is 8.78 Å². The van der Waals surface area contributed by atoms with Crippen molar-refractivity contribution in [1.82, 2.24) is 25.3 Å². The van der Waals surface area contributed by atoms with Gasteiger partial charge in [0.25, 0.3) is 5.91 Å². The van der Waals surface area contributed by atoms with Gasteiger partial charge in [0.05, 0.1) is 17.0 Å². The summed E-state index contributed by atoms with van der Waals surface area (Å²) in [5, 5.41) is 15.9. The highest BCUT2D eigenvalue weighted by Crippen LogP contribution is 2.59.